The molecular weight excluding hydrogens is 483 g/mol. The lowest BCUT2D eigenvalue weighted by atomic mass is 10.1. The number of carbonyl (C=O) groups is 1. The SMILES string of the molecule is CC(C)(C)OC(=O)CCc1ccnc(N2CON(c3cc(Cl)ccc3-n3cc(Cl)nn3)CO2)c1. The second-order valence-electron chi connectivity index (χ2n) is 8.50. The Morgan fingerprint density at radius 2 is 1.85 bits per heavy atom. The van der Waals surface area contributed by atoms with E-state index in [0.717, 1.165) is 5.56 Å². The van der Waals surface area contributed by atoms with Gasteiger partial charge in [0.05, 0.1) is 17.6 Å². The Balaban J connectivity index is 1.41. The fraction of sp³-hybridized carbons (Fsp3) is 0.364. The molecule has 1 aliphatic rings. The molecule has 34 heavy (non-hydrogen) atoms. The van der Waals surface area contributed by atoms with Gasteiger partial charge in [-0.1, -0.05) is 28.4 Å². The highest BCUT2D eigenvalue weighted by molar-refractivity contribution is 6.31. The van der Waals surface area contributed by atoms with E-state index in [4.69, 9.17) is 37.6 Å². The van der Waals surface area contributed by atoms with Crippen molar-refractivity contribution in [2.45, 2.75) is 39.2 Å². The molecule has 180 valence electrons. The summed E-state index contributed by atoms with van der Waals surface area (Å²) in [5.41, 5.74) is 1.73. The molecule has 1 aliphatic heterocycles. The molecule has 0 radical (unpaired) electrons. The Bertz CT molecular complexity index is 1160. The summed E-state index contributed by atoms with van der Waals surface area (Å²) >= 11 is 12.1. The minimum atomic E-state index is -0.506. The number of aryl methyl sites for hydroxylation is 1. The fourth-order valence-electron chi connectivity index (χ4n) is 3.23. The molecule has 0 unspecified atom stereocenters. The van der Waals surface area contributed by atoms with Gasteiger partial charge in [-0.3, -0.25) is 4.79 Å². The molecule has 0 saturated carbocycles. The van der Waals surface area contributed by atoms with Crippen LogP contribution in [0.4, 0.5) is 11.5 Å². The van der Waals surface area contributed by atoms with Crippen LogP contribution < -0.4 is 10.1 Å². The number of carbonyl (C=O) groups excluding carboxylic acids is 1. The quantitative estimate of drug-likeness (QED) is 0.452. The van der Waals surface area contributed by atoms with Crippen molar-refractivity contribution in [2.24, 2.45) is 0 Å². The first-order valence-electron chi connectivity index (χ1n) is 10.5. The molecule has 2 aromatic heterocycles. The van der Waals surface area contributed by atoms with Gasteiger partial charge in [-0.25, -0.2) is 29.5 Å². The number of rotatable bonds is 6. The van der Waals surface area contributed by atoms with Crippen LogP contribution in [-0.2, 0) is 25.6 Å². The monoisotopic (exact) mass is 506 g/mol. The number of esters is 1. The van der Waals surface area contributed by atoms with Gasteiger partial charge in [-0.15, -0.1) is 5.10 Å². The van der Waals surface area contributed by atoms with Crippen LogP contribution >= 0.6 is 23.2 Å². The van der Waals surface area contributed by atoms with Crippen molar-refractivity contribution in [3.8, 4) is 5.69 Å². The van der Waals surface area contributed by atoms with Crippen LogP contribution in [0.25, 0.3) is 5.69 Å². The van der Waals surface area contributed by atoms with Crippen molar-refractivity contribution >= 4 is 40.7 Å². The lowest BCUT2D eigenvalue weighted by Gasteiger charge is -2.35. The van der Waals surface area contributed by atoms with Gasteiger partial charge >= 0.3 is 5.97 Å². The third-order valence-corrected chi connectivity index (χ3v) is 5.09. The average molecular weight is 507 g/mol. The molecule has 12 heteroatoms. The Morgan fingerprint density at radius 1 is 1.09 bits per heavy atom. The van der Waals surface area contributed by atoms with E-state index in [1.165, 1.54) is 9.75 Å². The average Bonchev–Trinajstić information content (AvgIpc) is 3.23. The summed E-state index contributed by atoms with van der Waals surface area (Å²) < 4.78 is 6.90. The van der Waals surface area contributed by atoms with Crippen LogP contribution in [-0.4, -0.2) is 45.0 Å². The Hall–Kier alpha value is -2.92. The highest BCUT2D eigenvalue weighted by Gasteiger charge is 2.24. The number of hydrogen-bond donors (Lipinski definition) is 0. The third kappa shape index (κ3) is 6.15. The Kier molecular flexibility index (Phi) is 7.22. The number of benzene rings is 1. The van der Waals surface area contributed by atoms with E-state index < -0.39 is 5.60 Å². The van der Waals surface area contributed by atoms with E-state index in [0.29, 0.717) is 28.6 Å². The molecule has 1 aromatic carbocycles. The minimum Gasteiger partial charge on any atom is -0.460 e. The van der Waals surface area contributed by atoms with Gasteiger partial charge in [-0.05, 0) is 63.1 Å². The number of halogens is 2. The van der Waals surface area contributed by atoms with Gasteiger partial charge in [0.1, 0.15) is 5.60 Å². The molecule has 0 spiro atoms. The topological polar surface area (TPSA) is 94.8 Å². The Morgan fingerprint density at radius 3 is 2.53 bits per heavy atom. The zero-order valence-electron chi connectivity index (χ0n) is 18.9. The van der Waals surface area contributed by atoms with Crippen LogP contribution in [0.2, 0.25) is 10.2 Å². The first-order chi connectivity index (χ1) is 16.2. The van der Waals surface area contributed by atoms with Crippen molar-refractivity contribution in [1.29, 1.82) is 0 Å². The molecule has 10 nitrogen and oxygen atoms in total. The van der Waals surface area contributed by atoms with E-state index in [-0.39, 0.29) is 31.0 Å². The zero-order valence-corrected chi connectivity index (χ0v) is 20.5. The second-order valence-corrected chi connectivity index (χ2v) is 9.32. The molecule has 0 N–H and O–H groups in total. The van der Waals surface area contributed by atoms with E-state index >= 15 is 0 Å². The van der Waals surface area contributed by atoms with Crippen molar-refractivity contribution in [1.82, 2.24) is 20.0 Å². The van der Waals surface area contributed by atoms with Crippen molar-refractivity contribution in [2.75, 3.05) is 23.6 Å². The fourth-order valence-corrected chi connectivity index (χ4v) is 3.53. The molecule has 0 atom stereocenters. The molecular formula is C22H24Cl2N6O4. The van der Waals surface area contributed by atoms with E-state index in [9.17, 15) is 4.79 Å². The smallest absolute Gasteiger partial charge is 0.306 e. The van der Waals surface area contributed by atoms with Gasteiger partial charge in [0, 0.05) is 17.6 Å². The largest absolute Gasteiger partial charge is 0.460 e. The lowest BCUT2D eigenvalue weighted by Crippen LogP contribution is -2.44. The summed E-state index contributed by atoms with van der Waals surface area (Å²) in [6.07, 6.45) is 4.05. The third-order valence-electron chi connectivity index (χ3n) is 4.68. The van der Waals surface area contributed by atoms with Gasteiger partial charge in [0.25, 0.3) is 0 Å². The predicted molar refractivity (Wildman–Crippen MR) is 127 cm³/mol. The number of ether oxygens (including phenoxy) is 1. The van der Waals surface area contributed by atoms with Crippen LogP contribution in [0.5, 0.6) is 0 Å². The maximum absolute atomic E-state index is 12.0. The number of hydroxylamine groups is 2. The maximum Gasteiger partial charge on any atom is 0.306 e. The zero-order chi connectivity index (χ0) is 24.3. The summed E-state index contributed by atoms with van der Waals surface area (Å²) in [5, 5.41) is 11.7. The highest BCUT2D eigenvalue weighted by Crippen LogP contribution is 2.30. The molecule has 1 saturated heterocycles. The van der Waals surface area contributed by atoms with Crippen molar-refractivity contribution < 1.29 is 19.2 Å². The summed E-state index contributed by atoms with van der Waals surface area (Å²) in [5.74, 6) is 0.320. The summed E-state index contributed by atoms with van der Waals surface area (Å²) in [4.78, 5) is 28.2. The second kappa shape index (κ2) is 10.1. The first-order valence-corrected chi connectivity index (χ1v) is 11.3. The normalized spacial score (nSPS) is 14.4. The molecule has 0 bridgehead atoms. The van der Waals surface area contributed by atoms with E-state index in [2.05, 4.69) is 15.3 Å². The number of hydrogen-bond acceptors (Lipinski definition) is 9. The van der Waals surface area contributed by atoms with Gasteiger partial charge < -0.3 is 4.74 Å². The molecule has 0 amide bonds. The molecule has 1 fully saturated rings. The van der Waals surface area contributed by atoms with Gasteiger partial charge in [-0.2, -0.15) is 0 Å². The van der Waals surface area contributed by atoms with Crippen molar-refractivity contribution in [3.63, 3.8) is 0 Å². The van der Waals surface area contributed by atoms with E-state index in [1.54, 1.807) is 35.7 Å². The van der Waals surface area contributed by atoms with Crippen LogP contribution in [0.3, 0.4) is 0 Å². The summed E-state index contributed by atoms with van der Waals surface area (Å²) in [6, 6.07) is 8.97. The number of aromatic nitrogens is 4. The summed E-state index contributed by atoms with van der Waals surface area (Å²) in [7, 11) is 0. The standard InChI is InChI=1S/C22H24Cl2N6O4/c1-22(2,3)34-21(31)7-4-15-8-9-25-20(10-15)30-14-32-29(13-33-30)18-11-16(23)5-6-17(18)28-12-19(24)26-27-28/h5-6,8-12H,4,7,13-14H2,1-3H3. The molecule has 3 aromatic rings. The maximum atomic E-state index is 12.0. The van der Waals surface area contributed by atoms with Crippen molar-refractivity contribution in [3.05, 3.63) is 58.5 Å². The van der Waals surface area contributed by atoms with E-state index in [1.807, 2.05) is 32.9 Å². The molecule has 3 heterocycles. The highest BCUT2D eigenvalue weighted by atomic mass is 35.5. The van der Waals surface area contributed by atoms with Gasteiger partial charge in [0.2, 0.25) is 0 Å². The lowest BCUT2D eigenvalue weighted by molar-refractivity contribution is -0.154. The van der Waals surface area contributed by atoms with Crippen LogP contribution in [0, 0.1) is 0 Å². The molecule has 4 rings (SSSR count). The number of pyridine rings is 1. The summed E-state index contributed by atoms with van der Waals surface area (Å²) in [6.45, 7) is 5.69. The Labute approximate surface area is 206 Å². The predicted octanol–water partition coefficient (Wildman–Crippen LogP) is 4.35. The first kappa shape index (κ1) is 24.2. The number of nitrogens with zero attached hydrogens (tertiary/aromatic N) is 6. The van der Waals surface area contributed by atoms with Gasteiger partial charge in [0.15, 0.2) is 24.4 Å². The number of anilines is 2. The van der Waals surface area contributed by atoms with Crippen LogP contribution in [0.1, 0.15) is 32.8 Å². The minimum absolute atomic E-state index is 0.0690. The molecule has 0 aliphatic carbocycles. The van der Waals surface area contributed by atoms with Crippen LogP contribution in [0.15, 0.2) is 42.7 Å².